The fourth-order valence-corrected chi connectivity index (χ4v) is 3.56. The SMILES string of the molecule is CCc1cnc2c(c1N1CCC(C(N)=O)CC1)c(=O)n(C)c(=O)n2C. The third-order valence-corrected chi connectivity index (χ3v) is 5.11. The molecule has 0 atom stereocenters. The van der Waals surface area contributed by atoms with Crippen molar-refractivity contribution in [1.29, 1.82) is 0 Å². The van der Waals surface area contributed by atoms with E-state index >= 15 is 0 Å². The van der Waals surface area contributed by atoms with Crippen LogP contribution in [0.2, 0.25) is 0 Å². The number of hydrogen-bond donors (Lipinski definition) is 1. The van der Waals surface area contributed by atoms with Crippen molar-refractivity contribution in [3.05, 3.63) is 32.6 Å². The molecule has 3 heterocycles. The molecule has 2 aromatic rings. The highest BCUT2D eigenvalue weighted by Gasteiger charge is 2.27. The second-order valence-corrected chi connectivity index (χ2v) is 6.55. The number of nitrogens with two attached hydrogens (primary N) is 1. The van der Waals surface area contributed by atoms with Crippen LogP contribution in [-0.2, 0) is 25.3 Å². The van der Waals surface area contributed by atoms with Gasteiger partial charge in [-0.2, -0.15) is 0 Å². The van der Waals surface area contributed by atoms with Crippen LogP contribution in [0.5, 0.6) is 0 Å². The minimum Gasteiger partial charge on any atom is -0.370 e. The summed E-state index contributed by atoms with van der Waals surface area (Å²) < 4.78 is 2.51. The van der Waals surface area contributed by atoms with Crippen molar-refractivity contribution in [2.24, 2.45) is 25.7 Å². The fraction of sp³-hybridized carbons (Fsp3) is 0.529. The quantitative estimate of drug-likeness (QED) is 0.836. The highest BCUT2D eigenvalue weighted by molar-refractivity contribution is 5.91. The van der Waals surface area contributed by atoms with Crippen molar-refractivity contribution < 1.29 is 4.79 Å². The number of pyridine rings is 1. The number of primary amides is 1. The number of aromatic nitrogens is 3. The number of anilines is 1. The van der Waals surface area contributed by atoms with Gasteiger partial charge in [0, 0.05) is 39.3 Å². The third kappa shape index (κ3) is 2.71. The standard InChI is InChI=1S/C17H23N5O3/c1-4-10-9-19-15-12(16(24)21(3)17(25)20(15)2)13(10)22-7-5-11(6-8-22)14(18)23/h9,11H,4-8H2,1-3H3,(H2,18,23). The summed E-state index contributed by atoms with van der Waals surface area (Å²) in [4.78, 5) is 42.9. The Kier molecular flexibility index (Phi) is 4.36. The van der Waals surface area contributed by atoms with Crippen molar-refractivity contribution in [2.75, 3.05) is 18.0 Å². The number of rotatable bonds is 3. The summed E-state index contributed by atoms with van der Waals surface area (Å²) in [6.45, 7) is 3.30. The zero-order valence-electron chi connectivity index (χ0n) is 14.8. The zero-order chi connectivity index (χ0) is 18.3. The second kappa shape index (κ2) is 6.34. The highest BCUT2D eigenvalue weighted by atomic mass is 16.2. The number of hydrogen-bond acceptors (Lipinski definition) is 5. The van der Waals surface area contributed by atoms with Gasteiger partial charge in [-0.15, -0.1) is 0 Å². The lowest BCUT2D eigenvalue weighted by Crippen LogP contribution is -2.41. The maximum Gasteiger partial charge on any atom is 0.332 e. The molecule has 1 saturated heterocycles. The molecule has 0 unspecified atom stereocenters. The number of piperidine rings is 1. The van der Waals surface area contributed by atoms with Crippen molar-refractivity contribution in [3.63, 3.8) is 0 Å². The molecule has 8 heteroatoms. The van der Waals surface area contributed by atoms with Crippen molar-refractivity contribution in [1.82, 2.24) is 14.1 Å². The van der Waals surface area contributed by atoms with Crippen LogP contribution in [-0.4, -0.2) is 33.1 Å². The lowest BCUT2D eigenvalue weighted by Gasteiger charge is -2.34. The topological polar surface area (TPSA) is 103 Å². The molecule has 0 spiro atoms. The van der Waals surface area contributed by atoms with Crippen LogP contribution in [0.3, 0.4) is 0 Å². The number of nitrogens with zero attached hydrogens (tertiary/aromatic N) is 4. The normalized spacial score (nSPS) is 15.7. The van der Waals surface area contributed by atoms with E-state index in [0.717, 1.165) is 22.2 Å². The van der Waals surface area contributed by atoms with E-state index in [-0.39, 0.29) is 17.4 Å². The highest BCUT2D eigenvalue weighted by Crippen LogP contribution is 2.30. The number of amides is 1. The van der Waals surface area contributed by atoms with Gasteiger partial charge in [-0.3, -0.25) is 18.7 Å². The van der Waals surface area contributed by atoms with E-state index in [1.165, 1.54) is 11.6 Å². The van der Waals surface area contributed by atoms with Crippen LogP contribution in [0.4, 0.5) is 5.69 Å². The Morgan fingerprint density at radius 3 is 2.44 bits per heavy atom. The van der Waals surface area contributed by atoms with Gasteiger partial charge >= 0.3 is 5.69 Å². The number of aryl methyl sites for hydroxylation is 2. The molecular formula is C17H23N5O3. The molecule has 1 fully saturated rings. The van der Waals surface area contributed by atoms with Gasteiger partial charge in [-0.05, 0) is 24.8 Å². The van der Waals surface area contributed by atoms with Gasteiger partial charge in [0.25, 0.3) is 5.56 Å². The number of carbonyl (C=O) groups excluding carboxylic acids is 1. The molecule has 0 bridgehead atoms. The van der Waals surface area contributed by atoms with Crippen LogP contribution in [0.25, 0.3) is 11.0 Å². The van der Waals surface area contributed by atoms with E-state index in [9.17, 15) is 14.4 Å². The first-order chi connectivity index (χ1) is 11.9. The summed E-state index contributed by atoms with van der Waals surface area (Å²) in [5, 5.41) is 0.460. The molecule has 3 rings (SSSR count). The van der Waals surface area contributed by atoms with Crippen molar-refractivity contribution in [2.45, 2.75) is 26.2 Å². The predicted octanol–water partition coefficient (Wildman–Crippen LogP) is -0.104. The monoisotopic (exact) mass is 345 g/mol. The minimum absolute atomic E-state index is 0.124. The molecule has 0 aromatic carbocycles. The maximum atomic E-state index is 12.8. The Labute approximate surface area is 144 Å². The Balaban J connectivity index is 2.22. The summed E-state index contributed by atoms with van der Waals surface area (Å²) in [5.41, 5.74) is 6.86. The van der Waals surface area contributed by atoms with Crippen LogP contribution in [0, 0.1) is 5.92 Å². The molecule has 2 N–H and O–H groups in total. The summed E-state index contributed by atoms with van der Waals surface area (Å²) in [7, 11) is 3.09. The largest absolute Gasteiger partial charge is 0.370 e. The third-order valence-electron chi connectivity index (χ3n) is 5.11. The lowest BCUT2D eigenvalue weighted by molar-refractivity contribution is -0.122. The van der Waals surface area contributed by atoms with Crippen molar-refractivity contribution in [3.8, 4) is 0 Å². The molecule has 1 aliphatic heterocycles. The second-order valence-electron chi connectivity index (χ2n) is 6.55. The summed E-state index contributed by atoms with van der Waals surface area (Å²) in [6, 6.07) is 0. The maximum absolute atomic E-state index is 12.8. The molecule has 0 aliphatic carbocycles. The van der Waals surface area contributed by atoms with E-state index in [0.29, 0.717) is 37.0 Å². The Bertz CT molecular complexity index is 951. The molecule has 1 aliphatic rings. The van der Waals surface area contributed by atoms with E-state index in [1.807, 2.05) is 6.92 Å². The van der Waals surface area contributed by atoms with Gasteiger partial charge in [0.15, 0.2) is 5.65 Å². The minimum atomic E-state index is -0.396. The molecule has 0 radical (unpaired) electrons. The smallest absolute Gasteiger partial charge is 0.332 e. The zero-order valence-corrected chi connectivity index (χ0v) is 14.8. The Morgan fingerprint density at radius 2 is 1.88 bits per heavy atom. The number of fused-ring (bicyclic) bond motifs is 1. The van der Waals surface area contributed by atoms with Gasteiger partial charge in [0.2, 0.25) is 5.91 Å². The van der Waals surface area contributed by atoms with Crippen molar-refractivity contribution >= 4 is 22.6 Å². The average molecular weight is 345 g/mol. The van der Waals surface area contributed by atoms with Gasteiger partial charge in [-0.25, -0.2) is 9.78 Å². The average Bonchev–Trinajstić information content (AvgIpc) is 2.63. The number of carbonyl (C=O) groups is 1. The molecule has 8 nitrogen and oxygen atoms in total. The van der Waals surface area contributed by atoms with E-state index in [2.05, 4.69) is 9.88 Å². The van der Waals surface area contributed by atoms with E-state index < -0.39 is 5.69 Å². The van der Waals surface area contributed by atoms with Crippen LogP contribution >= 0.6 is 0 Å². The molecule has 134 valence electrons. The molecular weight excluding hydrogens is 322 g/mol. The first kappa shape index (κ1) is 17.2. The predicted molar refractivity (Wildman–Crippen MR) is 95.7 cm³/mol. The lowest BCUT2D eigenvalue weighted by atomic mass is 9.95. The van der Waals surface area contributed by atoms with Crippen LogP contribution in [0.15, 0.2) is 15.8 Å². The molecule has 2 aromatic heterocycles. The van der Waals surface area contributed by atoms with Crippen LogP contribution < -0.4 is 21.9 Å². The van der Waals surface area contributed by atoms with E-state index in [4.69, 9.17) is 5.73 Å². The van der Waals surface area contributed by atoms with Gasteiger partial charge in [-0.1, -0.05) is 6.92 Å². The Morgan fingerprint density at radius 1 is 1.24 bits per heavy atom. The molecule has 25 heavy (non-hydrogen) atoms. The first-order valence-corrected chi connectivity index (χ1v) is 8.48. The van der Waals surface area contributed by atoms with Gasteiger partial charge in [0.1, 0.15) is 5.39 Å². The van der Waals surface area contributed by atoms with Crippen LogP contribution in [0.1, 0.15) is 25.3 Å². The summed E-state index contributed by atoms with van der Waals surface area (Å²) in [6.07, 6.45) is 3.78. The first-order valence-electron chi connectivity index (χ1n) is 8.48. The summed E-state index contributed by atoms with van der Waals surface area (Å²) >= 11 is 0. The molecule has 0 saturated carbocycles. The molecule has 1 amide bonds. The van der Waals surface area contributed by atoms with Gasteiger partial charge in [0.05, 0.1) is 5.69 Å². The van der Waals surface area contributed by atoms with Gasteiger partial charge < -0.3 is 10.6 Å². The summed E-state index contributed by atoms with van der Waals surface area (Å²) in [5.74, 6) is -0.394. The Hall–Kier alpha value is -2.64. The van der Waals surface area contributed by atoms with E-state index in [1.54, 1.807) is 13.2 Å². The fourth-order valence-electron chi connectivity index (χ4n) is 3.56.